The molecule has 2 aromatic heterocycles. The molecule has 0 spiro atoms. The molecular weight excluding hydrogens is 236 g/mol. The van der Waals surface area contributed by atoms with Crippen molar-refractivity contribution in [2.75, 3.05) is 5.32 Å². The largest absolute Gasteiger partial charge is 0.295 e. The Morgan fingerprint density at radius 3 is 2.59 bits per heavy atom. The standard InChI is InChI=1S/C11H12N4OS/c1-6-4-7(2)12-9(5-6)10(16)13-11-15-14-8(3)17-11/h4-5H,1-3H3,(H,13,15,16). The summed E-state index contributed by atoms with van der Waals surface area (Å²) in [5.41, 5.74) is 2.23. The summed E-state index contributed by atoms with van der Waals surface area (Å²) in [7, 11) is 0. The zero-order valence-electron chi connectivity index (χ0n) is 9.81. The molecule has 0 saturated heterocycles. The molecule has 0 bridgehead atoms. The van der Waals surface area contributed by atoms with Crippen molar-refractivity contribution in [2.45, 2.75) is 20.8 Å². The van der Waals surface area contributed by atoms with Crippen LogP contribution in [-0.4, -0.2) is 21.1 Å². The molecule has 88 valence electrons. The van der Waals surface area contributed by atoms with Crippen LogP contribution in [0.1, 0.15) is 26.8 Å². The summed E-state index contributed by atoms with van der Waals surface area (Å²) in [5.74, 6) is -0.257. The first-order chi connectivity index (χ1) is 8.04. The van der Waals surface area contributed by atoms with Gasteiger partial charge in [0.05, 0.1) is 0 Å². The number of pyridine rings is 1. The van der Waals surface area contributed by atoms with Gasteiger partial charge in [0.2, 0.25) is 5.13 Å². The van der Waals surface area contributed by atoms with Gasteiger partial charge in [-0.15, -0.1) is 10.2 Å². The summed E-state index contributed by atoms with van der Waals surface area (Å²) in [6.45, 7) is 5.63. The Balaban J connectivity index is 2.19. The highest BCUT2D eigenvalue weighted by Crippen LogP contribution is 2.15. The molecule has 17 heavy (non-hydrogen) atoms. The van der Waals surface area contributed by atoms with E-state index in [1.165, 1.54) is 11.3 Å². The number of amides is 1. The van der Waals surface area contributed by atoms with Gasteiger partial charge >= 0.3 is 0 Å². The SMILES string of the molecule is Cc1cc(C)nc(C(=O)Nc2nnc(C)s2)c1. The fourth-order valence-corrected chi connectivity index (χ4v) is 2.05. The van der Waals surface area contributed by atoms with Gasteiger partial charge in [-0.1, -0.05) is 11.3 Å². The monoisotopic (exact) mass is 248 g/mol. The fourth-order valence-electron chi connectivity index (χ4n) is 1.47. The molecule has 2 aromatic rings. The lowest BCUT2D eigenvalue weighted by molar-refractivity contribution is 0.102. The maximum atomic E-state index is 11.9. The highest BCUT2D eigenvalue weighted by molar-refractivity contribution is 7.15. The van der Waals surface area contributed by atoms with Crippen LogP contribution in [0.25, 0.3) is 0 Å². The van der Waals surface area contributed by atoms with Crippen molar-refractivity contribution in [1.82, 2.24) is 15.2 Å². The van der Waals surface area contributed by atoms with E-state index in [9.17, 15) is 4.79 Å². The first-order valence-electron chi connectivity index (χ1n) is 5.11. The number of nitrogens with zero attached hydrogens (tertiary/aromatic N) is 3. The van der Waals surface area contributed by atoms with Gasteiger partial charge < -0.3 is 0 Å². The molecule has 0 aliphatic carbocycles. The lowest BCUT2D eigenvalue weighted by atomic mass is 10.2. The van der Waals surface area contributed by atoms with Crippen molar-refractivity contribution in [1.29, 1.82) is 0 Å². The Labute approximate surface area is 103 Å². The quantitative estimate of drug-likeness (QED) is 0.883. The first kappa shape index (κ1) is 11.7. The summed E-state index contributed by atoms with van der Waals surface area (Å²) in [6.07, 6.45) is 0. The van der Waals surface area contributed by atoms with Crippen molar-refractivity contribution < 1.29 is 4.79 Å². The van der Waals surface area contributed by atoms with Crippen LogP contribution in [0.2, 0.25) is 0 Å². The fraction of sp³-hybridized carbons (Fsp3) is 0.273. The summed E-state index contributed by atoms with van der Waals surface area (Å²) >= 11 is 1.34. The summed E-state index contributed by atoms with van der Waals surface area (Å²) in [4.78, 5) is 16.1. The van der Waals surface area contributed by atoms with Gasteiger partial charge in [0.15, 0.2) is 0 Å². The number of aromatic nitrogens is 3. The van der Waals surface area contributed by atoms with E-state index in [2.05, 4.69) is 20.5 Å². The van der Waals surface area contributed by atoms with E-state index in [0.29, 0.717) is 10.8 Å². The third kappa shape index (κ3) is 2.85. The van der Waals surface area contributed by atoms with E-state index >= 15 is 0 Å². The van der Waals surface area contributed by atoms with Crippen molar-refractivity contribution in [3.63, 3.8) is 0 Å². The van der Waals surface area contributed by atoms with Crippen LogP contribution < -0.4 is 5.32 Å². The van der Waals surface area contributed by atoms with E-state index in [0.717, 1.165) is 16.3 Å². The molecule has 0 saturated carbocycles. The number of anilines is 1. The highest BCUT2D eigenvalue weighted by Gasteiger charge is 2.11. The van der Waals surface area contributed by atoms with Crippen molar-refractivity contribution in [2.24, 2.45) is 0 Å². The number of carbonyl (C=O) groups is 1. The number of rotatable bonds is 2. The molecule has 0 aromatic carbocycles. The Kier molecular flexibility index (Phi) is 3.14. The van der Waals surface area contributed by atoms with Crippen LogP contribution in [0.3, 0.4) is 0 Å². The molecule has 2 rings (SSSR count). The van der Waals surface area contributed by atoms with Gasteiger partial charge in [-0.25, -0.2) is 4.98 Å². The molecule has 0 atom stereocenters. The van der Waals surface area contributed by atoms with Gasteiger partial charge in [0.25, 0.3) is 5.91 Å². The number of carbonyl (C=O) groups excluding carboxylic acids is 1. The Bertz CT molecular complexity index is 544. The maximum absolute atomic E-state index is 11.9. The van der Waals surface area contributed by atoms with Gasteiger partial charge in [0.1, 0.15) is 10.7 Å². The van der Waals surface area contributed by atoms with Gasteiger partial charge in [-0.2, -0.15) is 0 Å². The maximum Gasteiger partial charge on any atom is 0.276 e. The Morgan fingerprint density at radius 2 is 2.00 bits per heavy atom. The van der Waals surface area contributed by atoms with Crippen molar-refractivity contribution in [3.8, 4) is 0 Å². The second kappa shape index (κ2) is 4.58. The van der Waals surface area contributed by atoms with Crippen LogP contribution in [0.4, 0.5) is 5.13 Å². The molecule has 0 aliphatic rings. The third-order valence-electron chi connectivity index (χ3n) is 2.08. The first-order valence-corrected chi connectivity index (χ1v) is 5.93. The average molecular weight is 248 g/mol. The van der Waals surface area contributed by atoms with Crippen LogP contribution in [0.5, 0.6) is 0 Å². The van der Waals surface area contributed by atoms with E-state index in [1.54, 1.807) is 6.07 Å². The molecule has 1 amide bonds. The lowest BCUT2D eigenvalue weighted by Gasteiger charge is -2.03. The molecule has 0 fully saturated rings. The van der Waals surface area contributed by atoms with E-state index in [4.69, 9.17) is 0 Å². The molecule has 0 unspecified atom stereocenters. The summed E-state index contributed by atoms with van der Waals surface area (Å²) in [5, 5.41) is 11.7. The second-order valence-electron chi connectivity index (χ2n) is 3.75. The average Bonchev–Trinajstić information content (AvgIpc) is 2.62. The van der Waals surface area contributed by atoms with Crippen molar-refractivity contribution >= 4 is 22.4 Å². The molecule has 5 nitrogen and oxygen atoms in total. The van der Waals surface area contributed by atoms with Gasteiger partial charge in [0, 0.05) is 5.69 Å². The second-order valence-corrected chi connectivity index (χ2v) is 4.93. The lowest BCUT2D eigenvalue weighted by Crippen LogP contribution is -2.14. The molecule has 1 N–H and O–H groups in total. The third-order valence-corrected chi connectivity index (χ3v) is 2.83. The molecule has 0 radical (unpaired) electrons. The van der Waals surface area contributed by atoms with E-state index in [-0.39, 0.29) is 5.91 Å². The highest BCUT2D eigenvalue weighted by atomic mass is 32.1. The number of hydrogen-bond acceptors (Lipinski definition) is 5. The summed E-state index contributed by atoms with van der Waals surface area (Å²) < 4.78 is 0. The van der Waals surface area contributed by atoms with Crippen molar-refractivity contribution in [3.05, 3.63) is 34.1 Å². The number of aryl methyl sites for hydroxylation is 3. The predicted octanol–water partition coefficient (Wildman–Crippen LogP) is 2.11. The van der Waals surface area contributed by atoms with Crippen LogP contribution in [0.15, 0.2) is 12.1 Å². The minimum atomic E-state index is -0.257. The summed E-state index contributed by atoms with van der Waals surface area (Å²) in [6, 6.07) is 3.67. The zero-order valence-corrected chi connectivity index (χ0v) is 10.6. The van der Waals surface area contributed by atoms with Gasteiger partial charge in [-0.05, 0) is 38.5 Å². The smallest absolute Gasteiger partial charge is 0.276 e. The molecule has 0 aliphatic heterocycles. The topological polar surface area (TPSA) is 67.8 Å². The Morgan fingerprint density at radius 1 is 1.24 bits per heavy atom. The molecule has 6 heteroatoms. The zero-order chi connectivity index (χ0) is 12.4. The van der Waals surface area contributed by atoms with Gasteiger partial charge in [-0.3, -0.25) is 10.1 Å². The minimum absolute atomic E-state index is 0.257. The molecule has 2 heterocycles. The molecular formula is C11H12N4OS. The van der Waals surface area contributed by atoms with E-state index in [1.807, 2.05) is 26.8 Å². The normalized spacial score (nSPS) is 10.3. The predicted molar refractivity (Wildman–Crippen MR) is 66.3 cm³/mol. The number of nitrogens with one attached hydrogen (secondary N) is 1. The van der Waals surface area contributed by atoms with Crippen LogP contribution in [0, 0.1) is 20.8 Å². The Hall–Kier alpha value is -1.82. The van der Waals surface area contributed by atoms with E-state index < -0.39 is 0 Å². The number of hydrogen-bond donors (Lipinski definition) is 1. The van der Waals surface area contributed by atoms with Crippen LogP contribution in [-0.2, 0) is 0 Å². The minimum Gasteiger partial charge on any atom is -0.295 e. The van der Waals surface area contributed by atoms with Crippen LogP contribution >= 0.6 is 11.3 Å².